The molecule has 0 amide bonds. The molecule has 2 aromatic rings. The molecule has 7 heteroatoms. The molecule has 2 fully saturated rings. The van der Waals surface area contributed by atoms with E-state index in [9.17, 15) is 4.57 Å². The number of hydrogen-bond donors (Lipinski definition) is 3. The molecule has 3 N–H and O–H groups in total. The van der Waals surface area contributed by atoms with Crippen LogP contribution in [0.3, 0.4) is 0 Å². The van der Waals surface area contributed by atoms with Crippen molar-refractivity contribution in [3.63, 3.8) is 0 Å². The Kier molecular flexibility index (Phi) is 5.17. The van der Waals surface area contributed by atoms with Crippen molar-refractivity contribution in [2.45, 2.75) is 20.3 Å². The van der Waals surface area contributed by atoms with Gasteiger partial charge in [0.15, 0.2) is 0 Å². The number of benzene rings is 2. The molecule has 2 heterocycles. The lowest BCUT2D eigenvalue weighted by Gasteiger charge is -2.34. The second-order valence-corrected chi connectivity index (χ2v) is 11.3. The fourth-order valence-electron chi connectivity index (χ4n) is 4.73. The van der Waals surface area contributed by atoms with Gasteiger partial charge in [0.1, 0.15) is 24.1 Å². The highest BCUT2D eigenvalue weighted by Crippen LogP contribution is 2.65. The second kappa shape index (κ2) is 7.86. The molecule has 3 aliphatic rings. The van der Waals surface area contributed by atoms with Crippen molar-refractivity contribution in [2.24, 2.45) is 5.41 Å². The minimum absolute atomic E-state index is 0.0171. The van der Waals surface area contributed by atoms with E-state index in [1.807, 2.05) is 65.4 Å². The molecule has 5 rings (SSSR count). The van der Waals surface area contributed by atoms with Gasteiger partial charge in [-0.15, -0.1) is 0 Å². The summed E-state index contributed by atoms with van der Waals surface area (Å²) in [5.41, 5.74) is 7.42. The first-order chi connectivity index (χ1) is 15.0. The third-order valence-electron chi connectivity index (χ3n) is 6.10. The molecule has 31 heavy (non-hydrogen) atoms. The molecule has 1 atom stereocenters. The summed E-state index contributed by atoms with van der Waals surface area (Å²) in [6, 6.07) is 19.8. The van der Waals surface area contributed by atoms with Gasteiger partial charge in [0.2, 0.25) is 0 Å². The van der Waals surface area contributed by atoms with E-state index in [4.69, 9.17) is 4.74 Å². The Labute approximate surface area is 184 Å². The summed E-state index contributed by atoms with van der Waals surface area (Å²) < 4.78 is 22.4. The minimum atomic E-state index is -3.21. The van der Waals surface area contributed by atoms with E-state index in [1.54, 1.807) is 0 Å². The third-order valence-corrected chi connectivity index (χ3v) is 8.67. The van der Waals surface area contributed by atoms with E-state index >= 15 is 0 Å². The van der Waals surface area contributed by atoms with Crippen molar-refractivity contribution in [2.75, 3.05) is 36.2 Å². The minimum Gasteiger partial charge on any atom is -0.370 e. The lowest BCUT2D eigenvalue weighted by atomic mass is 9.82. The van der Waals surface area contributed by atoms with Crippen molar-refractivity contribution < 1.29 is 14.2 Å². The van der Waals surface area contributed by atoms with Gasteiger partial charge in [0.25, 0.3) is 0 Å². The number of fused-ring (bicyclic) bond motifs is 1. The van der Waals surface area contributed by atoms with Crippen molar-refractivity contribution in [3.8, 4) is 0 Å². The molecule has 2 aromatic carbocycles. The molecule has 0 aromatic heterocycles. The number of anilines is 2. The smallest absolute Gasteiger partial charge is 0.315 e. The van der Waals surface area contributed by atoms with E-state index in [0.717, 1.165) is 55.1 Å². The van der Waals surface area contributed by atoms with Gasteiger partial charge in [0, 0.05) is 12.1 Å². The van der Waals surface area contributed by atoms with Crippen LogP contribution >= 0.6 is 7.44 Å². The third kappa shape index (κ3) is 3.80. The number of nitrogens with one attached hydrogen (secondary N) is 3. The van der Waals surface area contributed by atoms with Crippen LogP contribution in [0.5, 0.6) is 0 Å². The van der Waals surface area contributed by atoms with Crippen LogP contribution < -0.4 is 20.2 Å². The van der Waals surface area contributed by atoms with Crippen molar-refractivity contribution in [1.29, 1.82) is 0 Å². The van der Waals surface area contributed by atoms with E-state index in [2.05, 4.69) is 30.4 Å². The van der Waals surface area contributed by atoms with Crippen LogP contribution in [0.4, 0.5) is 11.4 Å². The maximum atomic E-state index is 15.0. The van der Waals surface area contributed by atoms with Gasteiger partial charge in [-0.05, 0) is 29.7 Å². The van der Waals surface area contributed by atoms with Crippen molar-refractivity contribution >= 4 is 18.8 Å². The highest BCUT2D eigenvalue weighted by Gasteiger charge is 2.51. The van der Waals surface area contributed by atoms with Gasteiger partial charge in [-0.2, -0.15) is 0 Å². The Hall–Kier alpha value is -2.53. The SMILES string of the molecule is CC1(C)C=C2NN(c3ccccc3)[P@@](=O)(Nc3ccccc3)C2=C([NH+]2CCOCC2)C1. The zero-order chi connectivity index (χ0) is 21.5. The number of morpholine rings is 1. The van der Waals surface area contributed by atoms with Crippen LogP contribution in [0, 0.1) is 5.41 Å². The molecule has 2 saturated heterocycles. The molecule has 2 aliphatic heterocycles. The normalized spacial score (nSPS) is 25.6. The number of para-hydroxylation sites is 2. The number of rotatable bonds is 4. The summed E-state index contributed by atoms with van der Waals surface area (Å²) in [7, 11) is -3.21. The van der Waals surface area contributed by atoms with Gasteiger partial charge in [0.05, 0.1) is 24.6 Å². The van der Waals surface area contributed by atoms with Crippen LogP contribution in [0.1, 0.15) is 20.3 Å². The van der Waals surface area contributed by atoms with Crippen LogP contribution in [-0.2, 0) is 9.30 Å². The number of quaternary nitrogens is 1. The summed E-state index contributed by atoms with van der Waals surface area (Å²) >= 11 is 0. The van der Waals surface area contributed by atoms with Gasteiger partial charge < -0.3 is 14.7 Å². The molecular formula is C24H30N4O2P+. The highest BCUT2D eigenvalue weighted by atomic mass is 31.2. The molecule has 0 spiro atoms. The van der Waals surface area contributed by atoms with Crippen LogP contribution in [0.25, 0.3) is 0 Å². The number of allylic oxidation sites excluding steroid dienone is 3. The average Bonchev–Trinajstić information content (AvgIpc) is 3.06. The van der Waals surface area contributed by atoms with E-state index in [-0.39, 0.29) is 5.41 Å². The molecule has 1 aliphatic carbocycles. The average molecular weight is 438 g/mol. The fourth-order valence-corrected chi connectivity index (χ4v) is 7.39. The maximum Gasteiger partial charge on any atom is 0.315 e. The van der Waals surface area contributed by atoms with Crippen molar-refractivity contribution in [3.05, 3.63) is 83.4 Å². The monoisotopic (exact) mass is 437 g/mol. The highest BCUT2D eigenvalue weighted by molar-refractivity contribution is 7.71. The van der Waals surface area contributed by atoms with E-state index in [0.29, 0.717) is 0 Å². The Balaban J connectivity index is 1.68. The first kappa shape index (κ1) is 20.4. The maximum absolute atomic E-state index is 15.0. The zero-order valence-electron chi connectivity index (χ0n) is 18.1. The predicted molar refractivity (Wildman–Crippen MR) is 125 cm³/mol. The van der Waals surface area contributed by atoms with Crippen molar-refractivity contribution in [1.82, 2.24) is 5.43 Å². The van der Waals surface area contributed by atoms with E-state index in [1.165, 1.54) is 10.6 Å². The lowest BCUT2D eigenvalue weighted by Crippen LogP contribution is -3.12. The largest absolute Gasteiger partial charge is 0.370 e. The quantitative estimate of drug-likeness (QED) is 0.636. The molecule has 0 radical (unpaired) electrons. The predicted octanol–water partition coefficient (Wildman–Crippen LogP) is 3.76. The number of nitrogens with zero attached hydrogens (tertiary/aromatic N) is 1. The Bertz CT molecular complexity index is 1060. The van der Waals surface area contributed by atoms with Crippen LogP contribution in [-0.4, -0.2) is 26.3 Å². The zero-order valence-corrected chi connectivity index (χ0v) is 19.0. The van der Waals surface area contributed by atoms with Gasteiger partial charge in [-0.25, -0.2) is 4.78 Å². The Morgan fingerprint density at radius 3 is 2.35 bits per heavy atom. The van der Waals surface area contributed by atoms with Crippen LogP contribution in [0.15, 0.2) is 83.4 Å². The van der Waals surface area contributed by atoms with Crippen LogP contribution in [0.2, 0.25) is 0 Å². The Morgan fingerprint density at radius 2 is 1.68 bits per heavy atom. The van der Waals surface area contributed by atoms with Gasteiger partial charge in [-0.1, -0.05) is 56.3 Å². The number of ether oxygens (including phenoxy) is 1. The summed E-state index contributed by atoms with van der Waals surface area (Å²) in [4.78, 5) is 1.38. The first-order valence-corrected chi connectivity index (χ1v) is 12.6. The molecule has 6 nitrogen and oxygen atoms in total. The topological polar surface area (TPSA) is 58.0 Å². The number of hydrazine groups is 1. The summed E-state index contributed by atoms with van der Waals surface area (Å²) in [5.74, 6) is 0. The molecule has 0 saturated carbocycles. The Morgan fingerprint density at radius 1 is 1.03 bits per heavy atom. The summed E-state index contributed by atoms with van der Waals surface area (Å²) in [6.45, 7) is 7.77. The fraction of sp³-hybridized carbons (Fsp3) is 0.333. The first-order valence-electron chi connectivity index (χ1n) is 10.9. The second-order valence-electron chi connectivity index (χ2n) is 9.08. The van der Waals surface area contributed by atoms with Gasteiger partial charge >= 0.3 is 7.44 Å². The summed E-state index contributed by atoms with van der Waals surface area (Å²) in [6.07, 6.45) is 3.12. The standard InChI is InChI=1S/C24H29N4O2P/c1-24(2)17-21-23(22(18-24)27-13-15-30-16-14-27)31(29,26-19-9-5-3-6-10-19)28(25-21)20-11-7-4-8-12-20/h3-12,17,25H,13-16,18H2,1-2H3,(H,26,29)/p+1/t31-/m0/s1. The van der Waals surface area contributed by atoms with E-state index < -0.39 is 7.44 Å². The van der Waals surface area contributed by atoms with Gasteiger partial charge in [-0.3, -0.25) is 9.99 Å². The molecule has 0 unspecified atom stereocenters. The summed E-state index contributed by atoms with van der Waals surface area (Å²) in [5, 5.41) is 4.36. The molecular weight excluding hydrogens is 407 g/mol. The molecule has 162 valence electrons. The lowest BCUT2D eigenvalue weighted by molar-refractivity contribution is -0.871. The molecule has 0 bridgehead atoms. The number of hydrogen-bond acceptors (Lipinski definition) is 3.